The van der Waals surface area contributed by atoms with Gasteiger partial charge >= 0.3 is 0 Å². The first-order chi connectivity index (χ1) is 13.9. The van der Waals surface area contributed by atoms with E-state index < -0.39 is 0 Å². The van der Waals surface area contributed by atoms with Crippen LogP contribution in [-0.4, -0.2) is 45.7 Å². The fraction of sp³-hybridized carbons (Fsp3) is 0.435. The van der Waals surface area contributed by atoms with Gasteiger partial charge in [0, 0.05) is 5.56 Å². The Balaban J connectivity index is 1.51. The lowest BCUT2D eigenvalue weighted by Gasteiger charge is -2.29. The zero-order valence-corrected chi connectivity index (χ0v) is 18.6. The number of rotatable bonds is 6. The van der Waals surface area contributed by atoms with Crippen molar-refractivity contribution in [2.45, 2.75) is 27.3 Å². The topological polar surface area (TPSA) is 47.2 Å². The molecule has 6 heteroatoms. The van der Waals surface area contributed by atoms with Gasteiger partial charge in [-0.15, -0.1) is 0 Å². The van der Waals surface area contributed by atoms with Gasteiger partial charge in [-0.05, 0) is 50.1 Å². The zero-order chi connectivity index (χ0) is 21.0. The van der Waals surface area contributed by atoms with Crippen molar-refractivity contribution >= 4 is 23.2 Å². The summed E-state index contributed by atoms with van der Waals surface area (Å²) in [5, 5.41) is 3.61. The molecule has 5 nitrogen and oxygen atoms in total. The van der Waals surface area contributed by atoms with Crippen molar-refractivity contribution < 1.29 is 19.3 Å². The van der Waals surface area contributed by atoms with Gasteiger partial charge < -0.3 is 19.9 Å². The fourth-order valence-corrected chi connectivity index (χ4v) is 4.48. The molecule has 2 aromatic carbocycles. The second-order valence-electron chi connectivity index (χ2n) is 8.16. The summed E-state index contributed by atoms with van der Waals surface area (Å²) in [6, 6.07) is 10.3. The average Bonchev–Trinajstić information content (AvgIpc) is 2.66. The third-order valence-corrected chi connectivity index (χ3v) is 5.95. The second-order valence-corrected chi connectivity index (χ2v) is 8.56. The number of nitrogens with one attached hydrogen (secondary N) is 3. The smallest absolute Gasteiger partial charge is 0.279 e. The van der Waals surface area contributed by atoms with Gasteiger partial charge in [0.05, 0.1) is 17.8 Å². The number of piperazine rings is 1. The predicted octanol–water partition coefficient (Wildman–Crippen LogP) is 1.20. The molecule has 0 bridgehead atoms. The number of anilines is 1. The summed E-state index contributed by atoms with van der Waals surface area (Å²) in [6.07, 6.45) is 0. The van der Waals surface area contributed by atoms with Crippen molar-refractivity contribution in [1.29, 1.82) is 0 Å². The number of halogens is 1. The van der Waals surface area contributed by atoms with Gasteiger partial charge in [-0.25, -0.2) is 0 Å². The van der Waals surface area contributed by atoms with Crippen molar-refractivity contribution in [1.82, 2.24) is 0 Å². The van der Waals surface area contributed by atoms with Crippen molar-refractivity contribution in [3.63, 3.8) is 0 Å². The molecular weight excluding hydrogens is 386 g/mol. The molecule has 156 valence electrons. The monoisotopic (exact) mass is 417 g/mol. The number of carbonyl (C=O) groups excluding carboxylic acids is 1. The maximum absolute atomic E-state index is 12.5. The third-order valence-electron chi connectivity index (χ3n) is 5.65. The summed E-state index contributed by atoms with van der Waals surface area (Å²) >= 11 is 6.32. The number of hydrogen-bond acceptors (Lipinski definition) is 2. The number of methoxy groups -OCH3 is 1. The minimum atomic E-state index is 0.0256. The van der Waals surface area contributed by atoms with E-state index in [0.717, 1.165) is 55.3 Å². The van der Waals surface area contributed by atoms with Gasteiger partial charge in [0.15, 0.2) is 6.54 Å². The van der Waals surface area contributed by atoms with Crippen LogP contribution in [0.3, 0.4) is 0 Å². The number of quaternary nitrogens is 2. The van der Waals surface area contributed by atoms with Crippen LogP contribution in [0, 0.1) is 20.8 Å². The molecule has 1 heterocycles. The van der Waals surface area contributed by atoms with Crippen LogP contribution < -0.4 is 19.9 Å². The average molecular weight is 418 g/mol. The van der Waals surface area contributed by atoms with E-state index in [1.165, 1.54) is 20.9 Å². The Kier molecular flexibility index (Phi) is 7.17. The lowest BCUT2D eigenvalue weighted by molar-refractivity contribution is -1.02. The van der Waals surface area contributed by atoms with E-state index in [-0.39, 0.29) is 5.91 Å². The molecule has 0 radical (unpaired) electrons. The maximum Gasteiger partial charge on any atom is 0.279 e. The molecule has 0 saturated carbocycles. The number of hydrogen-bond donors (Lipinski definition) is 3. The quantitative estimate of drug-likeness (QED) is 0.661. The number of aryl methyl sites for hydroxylation is 3. The molecular formula is C23H32ClN3O2+2. The highest BCUT2D eigenvalue weighted by molar-refractivity contribution is 6.34. The van der Waals surface area contributed by atoms with Gasteiger partial charge in [-0.2, -0.15) is 0 Å². The third kappa shape index (κ3) is 5.72. The van der Waals surface area contributed by atoms with Crippen molar-refractivity contribution in [2.24, 2.45) is 0 Å². The van der Waals surface area contributed by atoms with E-state index in [4.69, 9.17) is 16.3 Å². The molecule has 2 aromatic rings. The molecule has 1 amide bonds. The van der Waals surface area contributed by atoms with E-state index >= 15 is 0 Å². The van der Waals surface area contributed by atoms with E-state index in [2.05, 4.69) is 24.4 Å². The van der Waals surface area contributed by atoms with Crippen molar-refractivity contribution in [2.75, 3.05) is 45.2 Å². The van der Waals surface area contributed by atoms with Crippen LogP contribution in [0.4, 0.5) is 5.69 Å². The molecule has 1 aliphatic rings. The standard InChI is InChI=1S/C23H30ClN3O2/c1-16-5-6-21(29-4)19(12-16)14-26-7-9-27(10-8-26)15-22(28)25-23-18(3)11-17(2)13-20(23)24/h5-6,11-13H,7-10,14-15H2,1-4H3,(H,25,28)/p+2. The predicted molar refractivity (Wildman–Crippen MR) is 117 cm³/mol. The van der Waals surface area contributed by atoms with Gasteiger partial charge in [0.25, 0.3) is 5.91 Å². The zero-order valence-electron chi connectivity index (χ0n) is 17.8. The minimum absolute atomic E-state index is 0.0256. The van der Waals surface area contributed by atoms with Crippen LogP contribution in [-0.2, 0) is 11.3 Å². The maximum atomic E-state index is 12.5. The summed E-state index contributed by atoms with van der Waals surface area (Å²) in [5.41, 5.74) is 5.34. The molecule has 3 rings (SSSR count). The van der Waals surface area contributed by atoms with E-state index in [0.29, 0.717) is 11.6 Å². The molecule has 29 heavy (non-hydrogen) atoms. The SMILES string of the molecule is COc1ccc(C)cc1C[NH+]1CC[NH+](CC(=O)Nc2c(C)cc(C)cc2Cl)CC1. The highest BCUT2D eigenvalue weighted by Crippen LogP contribution is 2.27. The minimum Gasteiger partial charge on any atom is -0.496 e. The molecule has 0 unspecified atom stereocenters. The van der Waals surface area contributed by atoms with Crippen molar-refractivity contribution in [3.05, 3.63) is 57.6 Å². The van der Waals surface area contributed by atoms with E-state index in [1.54, 1.807) is 7.11 Å². The lowest BCUT2D eigenvalue weighted by atomic mass is 10.1. The lowest BCUT2D eigenvalue weighted by Crippen LogP contribution is -3.28. The molecule has 1 fully saturated rings. The highest BCUT2D eigenvalue weighted by atomic mass is 35.5. The van der Waals surface area contributed by atoms with Crippen LogP contribution in [0.1, 0.15) is 22.3 Å². The number of benzene rings is 2. The van der Waals surface area contributed by atoms with Crippen LogP contribution in [0.5, 0.6) is 5.75 Å². The van der Waals surface area contributed by atoms with E-state index in [9.17, 15) is 4.79 Å². The van der Waals surface area contributed by atoms with Gasteiger partial charge in [0.1, 0.15) is 38.5 Å². The molecule has 0 spiro atoms. The number of amides is 1. The first-order valence-electron chi connectivity index (χ1n) is 10.2. The first kappa shape index (κ1) is 21.6. The Bertz CT molecular complexity index is 853. The van der Waals surface area contributed by atoms with Gasteiger partial charge in [-0.1, -0.05) is 29.3 Å². The Morgan fingerprint density at radius 3 is 2.38 bits per heavy atom. The summed E-state index contributed by atoms with van der Waals surface area (Å²) in [4.78, 5) is 15.4. The summed E-state index contributed by atoms with van der Waals surface area (Å²) in [6.45, 7) is 11.6. The molecule has 0 aliphatic carbocycles. The summed E-state index contributed by atoms with van der Waals surface area (Å²) in [7, 11) is 1.73. The number of ether oxygens (including phenoxy) is 1. The molecule has 0 aromatic heterocycles. The van der Waals surface area contributed by atoms with Gasteiger partial charge in [0.2, 0.25) is 0 Å². The second kappa shape index (κ2) is 9.61. The Hall–Kier alpha value is -2.08. The molecule has 3 N–H and O–H groups in total. The van der Waals surface area contributed by atoms with E-state index in [1.807, 2.05) is 32.0 Å². The Morgan fingerprint density at radius 2 is 1.72 bits per heavy atom. The fourth-order valence-electron chi connectivity index (χ4n) is 4.11. The van der Waals surface area contributed by atoms with Crippen LogP contribution in [0.15, 0.2) is 30.3 Å². The molecule has 1 aliphatic heterocycles. The van der Waals surface area contributed by atoms with Gasteiger partial charge in [-0.3, -0.25) is 4.79 Å². The van der Waals surface area contributed by atoms with Crippen LogP contribution in [0.2, 0.25) is 5.02 Å². The summed E-state index contributed by atoms with van der Waals surface area (Å²) < 4.78 is 5.52. The first-order valence-corrected chi connectivity index (χ1v) is 10.6. The highest BCUT2D eigenvalue weighted by Gasteiger charge is 2.26. The Morgan fingerprint density at radius 1 is 1.03 bits per heavy atom. The molecule has 0 atom stereocenters. The van der Waals surface area contributed by atoms with Crippen molar-refractivity contribution in [3.8, 4) is 5.75 Å². The summed E-state index contributed by atoms with van der Waals surface area (Å²) in [5.74, 6) is 0.986. The van der Waals surface area contributed by atoms with Crippen LogP contribution in [0.25, 0.3) is 0 Å². The Labute approximate surface area is 178 Å². The number of carbonyl (C=O) groups is 1. The largest absolute Gasteiger partial charge is 0.496 e. The van der Waals surface area contributed by atoms with Crippen LogP contribution >= 0.6 is 11.6 Å². The molecule has 1 saturated heterocycles. The normalized spacial score (nSPS) is 19.1.